The smallest absolute Gasteiger partial charge is 0.375 e. The molecule has 0 rings (SSSR count). The first-order valence-electron chi connectivity index (χ1n) is 4.34. The van der Waals surface area contributed by atoms with Gasteiger partial charge in [0.05, 0.1) is 6.42 Å². The van der Waals surface area contributed by atoms with E-state index in [2.05, 4.69) is 9.47 Å². The van der Waals surface area contributed by atoms with Crippen LogP contribution in [-0.4, -0.2) is 43.5 Å². The largest absolute Gasteiger partial charge is 0.458 e. The fraction of sp³-hybridized carbons (Fsp3) is 0.444. The minimum Gasteiger partial charge on any atom is -0.458 e. The third-order valence-electron chi connectivity index (χ3n) is 1.38. The molecule has 0 amide bonds. The highest BCUT2D eigenvalue weighted by Gasteiger charge is 2.16. The Kier molecular flexibility index (Phi) is 7.21. The lowest BCUT2D eigenvalue weighted by Gasteiger charge is -2.00. The summed E-state index contributed by atoms with van der Waals surface area (Å²) < 4.78 is 8.54. The Hall–Kier alpha value is -2.05. The molecule has 0 saturated heterocycles. The zero-order valence-electron chi connectivity index (χ0n) is 8.34. The van der Waals surface area contributed by atoms with Gasteiger partial charge in [-0.3, -0.25) is 19.2 Å². The molecule has 88 valence electrons. The second-order valence-electron chi connectivity index (χ2n) is 2.54. The molecule has 0 N–H and O–H groups in total. The first-order valence-corrected chi connectivity index (χ1v) is 4.34. The second kappa shape index (κ2) is 8.27. The lowest BCUT2D eigenvalue weighted by molar-refractivity contribution is -0.155. The second-order valence-corrected chi connectivity index (χ2v) is 2.54. The molecule has 0 heterocycles. The van der Waals surface area contributed by atoms with Gasteiger partial charge in [-0.2, -0.15) is 0 Å². The van der Waals surface area contributed by atoms with Crippen molar-refractivity contribution in [3.05, 3.63) is 0 Å². The summed E-state index contributed by atoms with van der Waals surface area (Å²) in [7, 11) is 0. The van der Waals surface area contributed by atoms with Crippen molar-refractivity contribution in [2.45, 2.75) is 12.8 Å². The first-order chi connectivity index (χ1) is 7.61. The van der Waals surface area contributed by atoms with Crippen molar-refractivity contribution in [3.63, 3.8) is 0 Å². The maximum atomic E-state index is 11.0. The predicted octanol–water partition coefficient (Wildman–Crippen LogP) is -1.18. The predicted molar refractivity (Wildman–Crippen MR) is 48.3 cm³/mol. The van der Waals surface area contributed by atoms with Gasteiger partial charge in [-0.15, -0.1) is 0 Å². The van der Waals surface area contributed by atoms with E-state index < -0.39 is 24.3 Å². The molecule has 0 aliphatic carbocycles. The minimum atomic E-state index is -1.17. The zero-order valence-corrected chi connectivity index (χ0v) is 8.34. The minimum absolute atomic E-state index is 0.317. The van der Waals surface area contributed by atoms with Crippen molar-refractivity contribution in [3.8, 4) is 0 Å². The molecule has 0 aromatic carbocycles. The number of carbonyl (C=O) groups excluding carboxylic acids is 5. The van der Waals surface area contributed by atoms with Crippen LogP contribution in [0.4, 0.5) is 0 Å². The average Bonchev–Trinajstić information content (AvgIpc) is 2.30. The summed E-state index contributed by atoms with van der Waals surface area (Å²) in [5.41, 5.74) is 0. The van der Waals surface area contributed by atoms with Crippen LogP contribution in [0.3, 0.4) is 0 Å². The number of rotatable bonds is 8. The van der Waals surface area contributed by atoms with Crippen LogP contribution in [-0.2, 0) is 33.4 Å². The topological polar surface area (TPSA) is 104 Å². The van der Waals surface area contributed by atoms with Crippen molar-refractivity contribution >= 4 is 30.3 Å². The summed E-state index contributed by atoms with van der Waals surface area (Å²) >= 11 is 0. The van der Waals surface area contributed by atoms with Crippen molar-refractivity contribution in [1.82, 2.24) is 0 Å². The van der Waals surface area contributed by atoms with Gasteiger partial charge in [0.2, 0.25) is 5.78 Å². The van der Waals surface area contributed by atoms with Crippen LogP contribution >= 0.6 is 0 Å². The Balaban J connectivity index is 3.79. The molecular weight excluding hydrogens is 220 g/mol. The summed E-state index contributed by atoms with van der Waals surface area (Å²) in [6, 6.07) is 0. The van der Waals surface area contributed by atoms with Crippen molar-refractivity contribution in [1.29, 1.82) is 0 Å². The Bertz CT molecular complexity index is 294. The number of ketones is 1. The van der Waals surface area contributed by atoms with Crippen LogP contribution < -0.4 is 0 Å². The maximum Gasteiger partial charge on any atom is 0.375 e. The summed E-state index contributed by atoms with van der Waals surface area (Å²) in [6.07, 6.45) is 0.0137. The molecule has 0 fully saturated rings. The standard InChI is InChI=1S/C9H10O7/c10-3-5-15-8(13)2-1-7(12)9(14)16-6-4-11/h3-4H,1-2,5-6H2. The van der Waals surface area contributed by atoms with Gasteiger partial charge in [0.25, 0.3) is 0 Å². The highest BCUT2D eigenvalue weighted by atomic mass is 16.5. The van der Waals surface area contributed by atoms with E-state index in [9.17, 15) is 24.0 Å². The Morgan fingerprint density at radius 2 is 1.44 bits per heavy atom. The fourth-order valence-corrected chi connectivity index (χ4v) is 0.707. The van der Waals surface area contributed by atoms with E-state index in [1.54, 1.807) is 0 Å². The Labute approximate surface area is 90.7 Å². The van der Waals surface area contributed by atoms with E-state index in [0.29, 0.717) is 12.6 Å². The number of aldehydes is 2. The van der Waals surface area contributed by atoms with Crippen molar-refractivity contribution in [2.75, 3.05) is 13.2 Å². The molecule has 0 unspecified atom stereocenters. The zero-order chi connectivity index (χ0) is 12.4. The number of Topliss-reactive ketones (excluding diaryl/α,β-unsaturated/α-hetero) is 1. The molecule has 16 heavy (non-hydrogen) atoms. The van der Waals surface area contributed by atoms with E-state index in [-0.39, 0.29) is 19.4 Å². The van der Waals surface area contributed by atoms with Crippen LogP contribution in [0.1, 0.15) is 12.8 Å². The Morgan fingerprint density at radius 3 is 2.00 bits per heavy atom. The Morgan fingerprint density at radius 1 is 0.875 bits per heavy atom. The van der Waals surface area contributed by atoms with E-state index in [1.807, 2.05) is 0 Å². The van der Waals surface area contributed by atoms with Gasteiger partial charge in [-0.25, -0.2) is 4.79 Å². The molecule has 0 saturated carbocycles. The third kappa shape index (κ3) is 6.41. The van der Waals surface area contributed by atoms with Crippen LogP contribution in [0.2, 0.25) is 0 Å². The summed E-state index contributed by atoms with van der Waals surface area (Å²) in [4.78, 5) is 52.2. The van der Waals surface area contributed by atoms with Crippen LogP contribution in [0.15, 0.2) is 0 Å². The van der Waals surface area contributed by atoms with E-state index >= 15 is 0 Å². The lowest BCUT2D eigenvalue weighted by atomic mass is 10.2. The molecule has 7 nitrogen and oxygen atoms in total. The lowest BCUT2D eigenvalue weighted by Crippen LogP contribution is -2.19. The van der Waals surface area contributed by atoms with Gasteiger partial charge >= 0.3 is 11.9 Å². The summed E-state index contributed by atoms with van der Waals surface area (Å²) in [5.74, 6) is -2.86. The number of esters is 2. The third-order valence-corrected chi connectivity index (χ3v) is 1.38. The quantitative estimate of drug-likeness (QED) is 0.293. The van der Waals surface area contributed by atoms with Crippen molar-refractivity contribution < 1.29 is 33.4 Å². The van der Waals surface area contributed by atoms with Crippen LogP contribution in [0.25, 0.3) is 0 Å². The van der Waals surface area contributed by atoms with Crippen LogP contribution in [0.5, 0.6) is 0 Å². The molecule has 0 radical (unpaired) electrons. The van der Waals surface area contributed by atoms with Gasteiger partial charge < -0.3 is 9.47 Å². The fourth-order valence-electron chi connectivity index (χ4n) is 0.707. The molecule has 7 heteroatoms. The molecule has 0 aliphatic rings. The SMILES string of the molecule is O=CCOC(=O)CCC(=O)C(=O)OCC=O. The average molecular weight is 230 g/mol. The molecule has 0 aromatic heterocycles. The van der Waals surface area contributed by atoms with Gasteiger partial charge in [-0.05, 0) is 0 Å². The monoisotopic (exact) mass is 230 g/mol. The summed E-state index contributed by atoms with van der Waals surface area (Å²) in [5, 5.41) is 0. The first kappa shape index (κ1) is 13.9. The number of ether oxygens (including phenoxy) is 2. The molecular formula is C9H10O7. The maximum absolute atomic E-state index is 11.0. The normalized spacial score (nSPS) is 9.00. The molecule has 0 aliphatic heterocycles. The van der Waals surface area contributed by atoms with E-state index in [0.717, 1.165) is 0 Å². The number of hydrogen-bond donors (Lipinski definition) is 0. The van der Waals surface area contributed by atoms with Gasteiger partial charge in [0, 0.05) is 6.42 Å². The van der Waals surface area contributed by atoms with E-state index in [4.69, 9.17) is 0 Å². The highest BCUT2D eigenvalue weighted by Crippen LogP contribution is 1.96. The van der Waals surface area contributed by atoms with Crippen LogP contribution in [0, 0.1) is 0 Å². The van der Waals surface area contributed by atoms with Gasteiger partial charge in [0.15, 0.2) is 12.6 Å². The van der Waals surface area contributed by atoms with Gasteiger partial charge in [0.1, 0.15) is 13.2 Å². The molecule has 0 spiro atoms. The molecule has 0 aromatic rings. The highest BCUT2D eigenvalue weighted by molar-refractivity contribution is 6.33. The summed E-state index contributed by atoms with van der Waals surface area (Å²) in [6.45, 7) is -0.886. The van der Waals surface area contributed by atoms with E-state index in [1.165, 1.54) is 0 Å². The number of hydrogen-bond acceptors (Lipinski definition) is 7. The molecule has 0 atom stereocenters. The molecule has 0 bridgehead atoms. The van der Waals surface area contributed by atoms with Crippen molar-refractivity contribution in [2.24, 2.45) is 0 Å². The number of carbonyl (C=O) groups is 5. The van der Waals surface area contributed by atoms with Gasteiger partial charge in [-0.1, -0.05) is 0 Å².